The SMILES string of the molecule is CCCNc1c2c(c(C#N)c3nc4ccccc4n13)CCCC2. The molecule has 0 atom stereocenters. The number of imidazole rings is 1. The van der Waals surface area contributed by atoms with Gasteiger partial charge in [0.05, 0.1) is 16.6 Å². The number of rotatable bonds is 3. The Morgan fingerprint density at radius 2 is 2.00 bits per heavy atom. The zero-order valence-electron chi connectivity index (χ0n) is 13.4. The van der Waals surface area contributed by atoms with Crippen LogP contribution in [0, 0.1) is 11.3 Å². The maximum atomic E-state index is 9.76. The molecule has 0 unspecified atom stereocenters. The smallest absolute Gasteiger partial charge is 0.157 e. The zero-order valence-corrected chi connectivity index (χ0v) is 13.4. The van der Waals surface area contributed by atoms with Crippen LogP contribution in [0.2, 0.25) is 0 Å². The molecule has 0 fully saturated rings. The van der Waals surface area contributed by atoms with Crippen molar-refractivity contribution in [3.8, 4) is 6.07 Å². The average molecular weight is 304 g/mol. The molecule has 0 bridgehead atoms. The second kappa shape index (κ2) is 5.58. The van der Waals surface area contributed by atoms with E-state index in [2.05, 4.69) is 28.8 Å². The molecule has 1 aliphatic carbocycles. The van der Waals surface area contributed by atoms with Crippen LogP contribution in [-0.2, 0) is 12.8 Å². The predicted molar refractivity (Wildman–Crippen MR) is 92.8 cm³/mol. The highest BCUT2D eigenvalue weighted by atomic mass is 15.1. The van der Waals surface area contributed by atoms with Crippen LogP contribution in [-0.4, -0.2) is 15.9 Å². The molecule has 1 aromatic carbocycles. The number of fused-ring (bicyclic) bond motifs is 4. The largest absolute Gasteiger partial charge is 0.371 e. The van der Waals surface area contributed by atoms with Crippen LogP contribution in [0.15, 0.2) is 24.3 Å². The molecule has 23 heavy (non-hydrogen) atoms. The summed E-state index contributed by atoms with van der Waals surface area (Å²) in [6.07, 6.45) is 5.45. The quantitative estimate of drug-likeness (QED) is 0.794. The fourth-order valence-electron chi connectivity index (χ4n) is 3.68. The molecular formula is C19H20N4. The van der Waals surface area contributed by atoms with Crippen molar-refractivity contribution in [2.45, 2.75) is 39.0 Å². The van der Waals surface area contributed by atoms with Gasteiger partial charge in [0.15, 0.2) is 5.65 Å². The summed E-state index contributed by atoms with van der Waals surface area (Å²) in [6, 6.07) is 10.6. The van der Waals surface area contributed by atoms with Gasteiger partial charge in [-0.15, -0.1) is 0 Å². The summed E-state index contributed by atoms with van der Waals surface area (Å²) >= 11 is 0. The van der Waals surface area contributed by atoms with E-state index in [1.165, 1.54) is 17.5 Å². The lowest BCUT2D eigenvalue weighted by Gasteiger charge is -2.23. The van der Waals surface area contributed by atoms with Crippen LogP contribution in [0.5, 0.6) is 0 Å². The number of aromatic nitrogens is 2. The third kappa shape index (κ3) is 2.08. The zero-order chi connectivity index (χ0) is 15.8. The number of pyridine rings is 1. The first-order chi connectivity index (χ1) is 11.3. The van der Waals surface area contributed by atoms with Crippen molar-refractivity contribution in [3.05, 3.63) is 41.0 Å². The van der Waals surface area contributed by atoms with Crippen molar-refractivity contribution in [3.63, 3.8) is 0 Å². The molecule has 2 heterocycles. The van der Waals surface area contributed by atoms with Crippen molar-refractivity contribution >= 4 is 22.5 Å². The summed E-state index contributed by atoms with van der Waals surface area (Å²) in [7, 11) is 0. The number of nitrogens with one attached hydrogen (secondary N) is 1. The van der Waals surface area contributed by atoms with Crippen LogP contribution in [0.4, 0.5) is 5.82 Å². The van der Waals surface area contributed by atoms with Gasteiger partial charge in [-0.25, -0.2) is 4.98 Å². The highest BCUT2D eigenvalue weighted by molar-refractivity contribution is 5.86. The Labute approximate surface area is 135 Å². The topological polar surface area (TPSA) is 53.1 Å². The Hall–Kier alpha value is -2.54. The summed E-state index contributed by atoms with van der Waals surface area (Å²) in [5.74, 6) is 1.14. The molecule has 4 nitrogen and oxygen atoms in total. The molecule has 0 radical (unpaired) electrons. The van der Waals surface area contributed by atoms with Gasteiger partial charge >= 0.3 is 0 Å². The molecule has 0 spiro atoms. The van der Waals surface area contributed by atoms with Crippen LogP contribution in [0.1, 0.15) is 42.9 Å². The maximum absolute atomic E-state index is 9.76. The summed E-state index contributed by atoms with van der Waals surface area (Å²) in [5, 5.41) is 13.4. The van der Waals surface area contributed by atoms with E-state index in [-0.39, 0.29) is 0 Å². The van der Waals surface area contributed by atoms with Gasteiger partial charge in [0, 0.05) is 6.54 Å². The predicted octanol–water partition coefficient (Wildman–Crippen LogP) is 4.06. The fourth-order valence-corrected chi connectivity index (χ4v) is 3.68. The Balaban J connectivity index is 2.15. The normalized spacial score (nSPS) is 13.9. The van der Waals surface area contributed by atoms with E-state index < -0.39 is 0 Å². The summed E-state index contributed by atoms with van der Waals surface area (Å²) in [4.78, 5) is 4.76. The van der Waals surface area contributed by atoms with Gasteiger partial charge < -0.3 is 5.32 Å². The molecule has 0 saturated carbocycles. The summed E-state index contributed by atoms with van der Waals surface area (Å²) in [6.45, 7) is 3.10. The standard InChI is InChI=1S/C19H20N4/c1-2-11-21-18-14-8-4-3-7-13(14)15(12-20)19-22-16-9-5-6-10-17(16)23(18)19/h5-6,9-10,21H,2-4,7-8,11H2,1H3. The fraction of sp³-hybridized carbons (Fsp3) is 0.368. The minimum Gasteiger partial charge on any atom is -0.371 e. The number of nitrogens with zero attached hydrogens (tertiary/aromatic N) is 3. The molecule has 1 N–H and O–H groups in total. The van der Waals surface area contributed by atoms with Crippen LogP contribution < -0.4 is 5.32 Å². The second-order valence-corrected chi connectivity index (χ2v) is 6.19. The summed E-state index contributed by atoms with van der Waals surface area (Å²) < 4.78 is 2.16. The first kappa shape index (κ1) is 14.1. The maximum Gasteiger partial charge on any atom is 0.157 e. The number of anilines is 1. The molecule has 4 rings (SSSR count). The second-order valence-electron chi connectivity index (χ2n) is 6.19. The highest BCUT2D eigenvalue weighted by Gasteiger charge is 2.24. The lowest BCUT2D eigenvalue weighted by atomic mass is 9.89. The van der Waals surface area contributed by atoms with Gasteiger partial charge in [0.25, 0.3) is 0 Å². The lowest BCUT2D eigenvalue weighted by molar-refractivity contribution is 0.681. The number of nitriles is 1. The molecule has 1 aliphatic rings. The summed E-state index contributed by atoms with van der Waals surface area (Å²) in [5.41, 5.74) is 6.11. The van der Waals surface area contributed by atoms with E-state index >= 15 is 0 Å². The van der Waals surface area contributed by atoms with Crippen molar-refractivity contribution < 1.29 is 0 Å². The highest BCUT2D eigenvalue weighted by Crippen LogP contribution is 2.35. The van der Waals surface area contributed by atoms with Crippen molar-refractivity contribution in [1.82, 2.24) is 9.38 Å². The van der Waals surface area contributed by atoms with E-state index in [1.807, 2.05) is 18.2 Å². The average Bonchev–Trinajstić information content (AvgIpc) is 2.98. The van der Waals surface area contributed by atoms with Crippen molar-refractivity contribution in [2.24, 2.45) is 0 Å². The van der Waals surface area contributed by atoms with E-state index in [0.29, 0.717) is 0 Å². The number of hydrogen-bond acceptors (Lipinski definition) is 3. The number of benzene rings is 1. The van der Waals surface area contributed by atoms with Gasteiger partial charge in [-0.05, 0) is 55.4 Å². The van der Waals surface area contributed by atoms with Gasteiger partial charge in [-0.3, -0.25) is 4.40 Å². The van der Waals surface area contributed by atoms with Crippen molar-refractivity contribution in [2.75, 3.05) is 11.9 Å². The molecule has 116 valence electrons. The van der Waals surface area contributed by atoms with Gasteiger partial charge in [0.1, 0.15) is 11.9 Å². The monoisotopic (exact) mass is 304 g/mol. The Morgan fingerprint density at radius 3 is 2.78 bits per heavy atom. The van der Waals surface area contributed by atoms with Crippen LogP contribution >= 0.6 is 0 Å². The Bertz CT molecular complexity index is 930. The Morgan fingerprint density at radius 1 is 1.22 bits per heavy atom. The molecular weight excluding hydrogens is 284 g/mol. The van der Waals surface area contributed by atoms with Crippen molar-refractivity contribution in [1.29, 1.82) is 5.26 Å². The third-order valence-electron chi connectivity index (χ3n) is 4.72. The van der Waals surface area contributed by atoms with Gasteiger partial charge in [0.2, 0.25) is 0 Å². The van der Waals surface area contributed by atoms with Crippen LogP contribution in [0.3, 0.4) is 0 Å². The first-order valence-electron chi connectivity index (χ1n) is 8.44. The number of para-hydroxylation sites is 2. The van der Waals surface area contributed by atoms with E-state index in [4.69, 9.17) is 4.98 Å². The van der Waals surface area contributed by atoms with Gasteiger partial charge in [-0.2, -0.15) is 5.26 Å². The molecule has 4 heteroatoms. The first-order valence-corrected chi connectivity index (χ1v) is 8.44. The van der Waals surface area contributed by atoms with E-state index in [1.54, 1.807) is 0 Å². The Kier molecular flexibility index (Phi) is 3.42. The lowest BCUT2D eigenvalue weighted by Crippen LogP contribution is -2.15. The minimum atomic E-state index is 0.762. The number of hydrogen-bond donors (Lipinski definition) is 1. The van der Waals surface area contributed by atoms with Gasteiger partial charge in [-0.1, -0.05) is 19.1 Å². The van der Waals surface area contributed by atoms with Crippen LogP contribution in [0.25, 0.3) is 16.7 Å². The molecule has 0 aliphatic heterocycles. The molecule has 3 aromatic rings. The van der Waals surface area contributed by atoms with E-state index in [0.717, 1.165) is 60.3 Å². The molecule has 2 aromatic heterocycles. The van der Waals surface area contributed by atoms with E-state index in [9.17, 15) is 5.26 Å². The molecule has 0 amide bonds. The minimum absolute atomic E-state index is 0.762. The molecule has 0 saturated heterocycles. The third-order valence-corrected chi connectivity index (χ3v) is 4.72.